The molecule has 1 aromatic carbocycles. The highest BCUT2D eigenvalue weighted by Crippen LogP contribution is 2.10. The highest BCUT2D eigenvalue weighted by molar-refractivity contribution is 6.30. The molecular weight excluding hydrogens is 214 g/mol. The van der Waals surface area contributed by atoms with Gasteiger partial charge < -0.3 is 5.32 Å². The summed E-state index contributed by atoms with van der Waals surface area (Å²) in [5, 5.41) is 3.08. The van der Waals surface area contributed by atoms with Crippen LogP contribution in [0, 0.1) is 0 Å². The summed E-state index contributed by atoms with van der Waals surface area (Å²) in [5.74, 6) is -0.215. The monoisotopic (exact) mass is 224 g/mol. The molecule has 0 bridgehead atoms. The zero-order valence-electron chi connectivity index (χ0n) is 8.29. The molecule has 0 aliphatic rings. The zero-order chi connectivity index (χ0) is 11.3. The average Bonchev–Trinajstić information content (AvgIpc) is 2.17. The molecule has 0 aliphatic heterocycles. The van der Waals surface area contributed by atoms with Crippen LogP contribution in [0.1, 0.15) is 12.5 Å². The summed E-state index contributed by atoms with van der Waals surface area (Å²) < 4.78 is 0. The highest BCUT2D eigenvalue weighted by atomic mass is 35.5. The van der Waals surface area contributed by atoms with Crippen LogP contribution in [0.5, 0.6) is 0 Å². The molecule has 0 heterocycles. The lowest BCUT2D eigenvalue weighted by atomic mass is 10.1. The second-order valence-corrected chi connectivity index (χ2v) is 3.65. The van der Waals surface area contributed by atoms with E-state index in [-0.39, 0.29) is 12.3 Å². The Morgan fingerprint density at radius 3 is 2.93 bits per heavy atom. The summed E-state index contributed by atoms with van der Waals surface area (Å²) in [4.78, 5) is 21.5. The fourth-order valence-corrected chi connectivity index (χ4v) is 1.37. The Morgan fingerprint density at radius 2 is 2.33 bits per heavy atom. The van der Waals surface area contributed by atoms with Crippen molar-refractivity contribution in [1.82, 2.24) is 5.32 Å². The van der Waals surface area contributed by atoms with Crippen molar-refractivity contribution in [1.29, 1.82) is 0 Å². The van der Waals surface area contributed by atoms with Gasteiger partial charge in [0.2, 0.25) is 12.2 Å². The van der Waals surface area contributed by atoms with E-state index in [0.717, 1.165) is 5.56 Å². The number of nitrogens with one attached hydrogen (secondary N) is 1. The molecule has 15 heavy (non-hydrogen) atoms. The van der Waals surface area contributed by atoms with Gasteiger partial charge in [0.15, 0.2) is 0 Å². The van der Waals surface area contributed by atoms with Crippen molar-refractivity contribution in [3.8, 4) is 0 Å². The van der Waals surface area contributed by atoms with Crippen LogP contribution < -0.4 is 5.32 Å². The molecule has 0 saturated carbocycles. The summed E-state index contributed by atoms with van der Waals surface area (Å²) >= 11 is 5.77. The standard InChI is InChI=1S/C11H11ClNO2/c1-8(7-14)13-11(15)6-9-3-2-4-10(12)5-9/h2-5,8H,6H2,1H3,(H,13,15)/t8-/m0/s1. The number of amides is 1. The number of hydrogen-bond acceptors (Lipinski definition) is 2. The van der Waals surface area contributed by atoms with E-state index in [1.54, 1.807) is 37.5 Å². The quantitative estimate of drug-likeness (QED) is 0.843. The van der Waals surface area contributed by atoms with E-state index in [0.29, 0.717) is 5.02 Å². The Morgan fingerprint density at radius 1 is 1.60 bits per heavy atom. The van der Waals surface area contributed by atoms with Crippen LogP contribution in [0.4, 0.5) is 0 Å². The van der Waals surface area contributed by atoms with Gasteiger partial charge in [-0.2, -0.15) is 0 Å². The first-order valence-corrected chi connectivity index (χ1v) is 4.91. The van der Waals surface area contributed by atoms with Crippen LogP contribution in [0.2, 0.25) is 5.02 Å². The van der Waals surface area contributed by atoms with Crippen LogP contribution in [0.3, 0.4) is 0 Å². The Balaban J connectivity index is 2.55. The van der Waals surface area contributed by atoms with Crippen LogP contribution in [-0.4, -0.2) is 18.2 Å². The molecule has 3 nitrogen and oxygen atoms in total. The van der Waals surface area contributed by atoms with Gasteiger partial charge in [-0.1, -0.05) is 23.7 Å². The molecule has 1 N–H and O–H groups in total. The average molecular weight is 225 g/mol. The van der Waals surface area contributed by atoms with Crippen molar-refractivity contribution in [2.24, 2.45) is 0 Å². The van der Waals surface area contributed by atoms with Gasteiger partial charge in [0.25, 0.3) is 0 Å². The maximum Gasteiger partial charge on any atom is 0.225 e. The molecule has 1 atom stereocenters. The minimum Gasteiger partial charge on any atom is -0.346 e. The zero-order valence-corrected chi connectivity index (χ0v) is 9.04. The molecule has 1 amide bonds. The number of benzene rings is 1. The minimum absolute atomic E-state index is 0.215. The second kappa shape index (κ2) is 5.51. The number of halogens is 1. The molecule has 0 saturated heterocycles. The Hall–Kier alpha value is -1.35. The van der Waals surface area contributed by atoms with Crippen molar-refractivity contribution < 1.29 is 9.59 Å². The molecule has 0 unspecified atom stereocenters. The van der Waals surface area contributed by atoms with Gasteiger partial charge in [0, 0.05) is 5.02 Å². The number of carbonyl (C=O) groups excluding carboxylic acids is 2. The minimum atomic E-state index is -0.573. The van der Waals surface area contributed by atoms with E-state index in [2.05, 4.69) is 5.32 Å². The van der Waals surface area contributed by atoms with E-state index < -0.39 is 6.04 Å². The first kappa shape index (κ1) is 11.7. The summed E-state index contributed by atoms with van der Waals surface area (Å²) in [7, 11) is 0. The third-order valence-electron chi connectivity index (χ3n) is 1.81. The van der Waals surface area contributed by atoms with E-state index >= 15 is 0 Å². The van der Waals surface area contributed by atoms with Gasteiger partial charge in [0.1, 0.15) is 0 Å². The van der Waals surface area contributed by atoms with E-state index in [1.165, 1.54) is 0 Å². The third-order valence-corrected chi connectivity index (χ3v) is 2.04. The molecule has 0 spiro atoms. The van der Waals surface area contributed by atoms with Gasteiger partial charge in [-0.15, -0.1) is 0 Å². The third kappa shape index (κ3) is 4.13. The first-order chi connectivity index (χ1) is 7.11. The first-order valence-electron chi connectivity index (χ1n) is 4.53. The molecule has 0 aliphatic carbocycles. The van der Waals surface area contributed by atoms with Gasteiger partial charge in [-0.25, -0.2) is 0 Å². The predicted octanol–water partition coefficient (Wildman–Crippen LogP) is 1.50. The van der Waals surface area contributed by atoms with Crippen molar-refractivity contribution in [3.05, 3.63) is 34.9 Å². The smallest absolute Gasteiger partial charge is 0.225 e. The molecule has 0 aromatic heterocycles. The van der Waals surface area contributed by atoms with E-state index in [1.807, 2.05) is 0 Å². The van der Waals surface area contributed by atoms with Gasteiger partial charge >= 0.3 is 0 Å². The molecule has 4 heteroatoms. The van der Waals surface area contributed by atoms with Crippen molar-refractivity contribution >= 4 is 23.8 Å². The van der Waals surface area contributed by atoms with Crippen LogP contribution in [0.25, 0.3) is 0 Å². The van der Waals surface area contributed by atoms with Gasteiger partial charge in [-0.05, 0) is 24.6 Å². The lowest BCUT2D eigenvalue weighted by Gasteiger charge is -2.06. The van der Waals surface area contributed by atoms with E-state index in [4.69, 9.17) is 11.6 Å². The maximum atomic E-state index is 11.4. The number of rotatable bonds is 4. The fraction of sp³-hybridized carbons (Fsp3) is 0.273. The normalized spacial score (nSPS) is 11.9. The molecule has 1 rings (SSSR count). The maximum absolute atomic E-state index is 11.4. The predicted molar refractivity (Wildman–Crippen MR) is 58.5 cm³/mol. The van der Waals surface area contributed by atoms with Crippen molar-refractivity contribution in [3.63, 3.8) is 0 Å². The Bertz CT molecular complexity index is 365. The highest BCUT2D eigenvalue weighted by Gasteiger charge is 2.07. The fourth-order valence-electron chi connectivity index (χ4n) is 1.15. The summed E-state index contributed by atoms with van der Waals surface area (Å²) in [6.07, 6.45) is 1.90. The molecular formula is C11H11ClNO2. The molecule has 1 aromatic rings. The lowest BCUT2D eigenvalue weighted by molar-refractivity contribution is -0.120. The number of carbonyl (C=O) groups is 1. The molecule has 1 radical (unpaired) electrons. The van der Waals surface area contributed by atoms with Gasteiger partial charge in [0.05, 0.1) is 12.5 Å². The molecule has 79 valence electrons. The molecule has 0 fully saturated rings. The van der Waals surface area contributed by atoms with Gasteiger partial charge in [-0.3, -0.25) is 9.59 Å². The largest absolute Gasteiger partial charge is 0.346 e. The summed E-state index contributed by atoms with van der Waals surface area (Å²) in [5.41, 5.74) is 0.818. The Kier molecular flexibility index (Phi) is 4.31. The van der Waals surface area contributed by atoms with Crippen molar-refractivity contribution in [2.75, 3.05) is 0 Å². The second-order valence-electron chi connectivity index (χ2n) is 3.21. The van der Waals surface area contributed by atoms with Crippen LogP contribution in [-0.2, 0) is 16.0 Å². The van der Waals surface area contributed by atoms with Crippen molar-refractivity contribution in [2.45, 2.75) is 19.4 Å². The van der Waals surface area contributed by atoms with Crippen LogP contribution >= 0.6 is 11.6 Å². The Labute approximate surface area is 93.4 Å². The van der Waals surface area contributed by atoms with Crippen LogP contribution in [0.15, 0.2) is 24.3 Å². The lowest BCUT2D eigenvalue weighted by Crippen LogP contribution is -2.34. The SMILES string of the molecule is C[C@@H]([C]=O)NC(=O)Cc1cccc(Cl)c1. The number of hydrogen-bond donors (Lipinski definition) is 1. The van der Waals surface area contributed by atoms with E-state index in [9.17, 15) is 9.59 Å². The summed E-state index contributed by atoms with van der Waals surface area (Å²) in [6.45, 7) is 1.57. The summed E-state index contributed by atoms with van der Waals surface area (Å²) in [6, 6.07) is 6.47. The topological polar surface area (TPSA) is 46.2 Å².